The van der Waals surface area contributed by atoms with Crippen LogP contribution < -0.4 is 20.1 Å². The van der Waals surface area contributed by atoms with Gasteiger partial charge in [-0.05, 0) is 42.4 Å². The molecule has 6 nitrogen and oxygen atoms in total. The number of methoxy groups -OCH3 is 1. The summed E-state index contributed by atoms with van der Waals surface area (Å²) in [4.78, 5) is 12.0. The number of benzene rings is 2. The van der Waals surface area contributed by atoms with Crippen molar-refractivity contribution in [2.75, 3.05) is 14.2 Å². The fourth-order valence-corrected chi connectivity index (χ4v) is 3.31. The van der Waals surface area contributed by atoms with Gasteiger partial charge in [-0.1, -0.05) is 18.2 Å². The number of aliphatic hydroxyl groups excluding tert-OH is 1. The van der Waals surface area contributed by atoms with Crippen LogP contribution in [0.3, 0.4) is 0 Å². The minimum atomic E-state index is -4.32. The van der Waals surface area contributed by atoms with Crippen molar-refractivity contribution < 1.29 is 32.5 Å². The maximum Gasteiger partial charge on any atom is 0.446 e. The number of halogens is 3. The predicted octanol–water partition coefficient (Wildman–Crippen LogP) is 3.47. The van der Waals surface area contributed by atoms with Crippen LogP contribution in [-0.4, -0.2) is 42.8 Å². The molecule has 2 aromatic carbocycles. The molecule has 3 N–H and O–H groups in total. The highest BCUT2D eigenvalue weighted by molar-refractivity contribution is 8.00. The molecule has 1 amide bonds. The van der Waals surface area contributed by atoms with Crippen LogP contribution in [0.2, 0.25) is 0 Å². The smallest absolute Gasteiger partial charge is 0.446 e. The summed E-state index contributed by atoms with van der Waals surface area (Å²) in [5, 5.41) is 15.3. The monoisotopic (exact) mass is 458 g/mol. The molecule has 0 aliphatic carbocycles. The van der Waals surface area contributed by atoms with E-state index in [2.05, 4.69) is 10.6 Å². The Labute approximate surface area is 183 Å². The number of aliphatic hydroxyl groups is 1. The lowest BCUT2D eigenvalue weighted by Crippen LogP contribution is -2.49. The van der Waals surface area contributed by atoms with Crippen molar-refractivity contribution in [3.05, 3.63) is 53.6 Å². The Morgan fingerprint density at radius 3 is 2.42 bits per heavy atom. The quantitative estimate of drug-likeness (QED) is 0.473. The number of thioether (sulfide) groups is 1. The average molecular weight is 459 g/mol. The molecule has 0 bridgehead atoms. The third-order valence-electron chi connectivity index (χ3n) is 4.34. The SMILES string of the molecule is CNC(=O)C(NCc1ccc(OCc2ccc(SC(F)(F)F)cc2)cc1OC)C(C)O. The van der Waals surface area contributed by atoms with Crippen LogP contribution in [0.4, 0.5) is 13.2 Å². The van der Waals surface area contributed by atoms with Gasteiger partial charge in [0.25, 0.3) is 0 Å². The molecule has 10 heteroatoms. The average Bonchev–Trinajstić information content (AvgIpc) is 2.72. The summed E-state index contributed by atoms with van der Waals surface area (Å²) < 4.78 is 48.3. The first-order chi connectivity index (χ1) is 14.6. The molecule has 0 radical (unpaired) electrons. The largest absolute Gasteiger partial charge is 0.496 e. The summed E-state index contributed by atoms with van der Waals surface area (Å²) in [5.41, 5.74) is -2.83. The molecule has 0 fully saturated rings. The van der Waals surface area contributed by atoms with Gasteiger partial charge < -0.3 is 19.9 Å². The van der Waals surface area contributed by atoms with Crippen LogP contribution >= 0.6 is 11.8 Å². The highest BCUT2D eigenvalue weighted by Gasteiger charge is 2.29. The molecular weight excluding hydrogens is 433 g/mol. The third kappa shape index (κ3) is 7.97. The molecule has 31 heavy (non-hydrogen) atoms. The Morgan fingerprint density at radius 2 is 1.87 bits per heavy atom. The maximum absolute atomic E-state index is 12.4. The van der Waals surface area contributed by atoms with Crippen molar-refractivity contribution in [1.82, 2.24) is 10.6 Å². The fourth-order valence-electron chi connectivity index (χ4n) is 2.77. The van der Waals surface area contributed by atoms with Gasteiger partial charge in [0.1, 0.15) is 24.1 Å². The van der Waals surface area contributed by atoms with Gasteiger partial charge in [0.2, 0.25) is 5.91 Å². The van der Waals surface area contributed by atoms with Gasteiger partial charge in [0.15, 0.2) is 0 Å². The minimum Gasteiger partial charge on any atom is -0.496 e. The van der Waals surface area contributed by atoms with E-state index in [-0.39, 0.29) is 35.7 Å². The third-order valence-corrected chi connectivity index (χ3v) is 5.08. The predicted molar refractivity (Wildman–Crippen MR) is 112 cm³/mol. The van der Waals surface area contributed by atoms with Gasteiger partial charge in [-0.3, -0.25) is 10.1 Å². The van der Waals surface area contributed by atoms with Crippen LogP contribution in [0.25, 0.3) is 0 Å². The van der Waals surface area contributed by atoms with Crippen LogP contribution in [0.1, 0.15) is 18.1 Å². The van der Waals surface area contributed by atoms with Crippen LogP contribution in [0.5, 0.6) is 11.5 Å². The molecule has 170 valence electrons. The van der Waals surface area contributed by atoms with Crippen molar-refractivity contribution in [2.24, 2.45) is 0 Å². The molecule has 0 saturated carbocycles. The summed E-state index contributed by atoms with van der Waals surface area (Å²) in [6.45, 7) is 1.98. The Kier molecular flexibility index (Phi) is 9.02. The van der Waals surface area contributed by atoms with Crippen LogP contribution in [-0.2, 0) is 17.9 Å². The van der Waals surface area contributed by atoms with Gasteiger partial charge in [0.05, 0.1) is 13.2 Å². The van der Waals surface area contributed by atoms with Crippen molar-refractivity contribution in [3.63, 3.8) is 0 Å². The number of nitrogens with one attached hydrogen (secondary N) is 2. The summed E-state index contributed by atoms with van der Waals surface area (Å²) in [6.07, 6.45) is -0.880. The number of hydrogen-bond donors (Lipinski definition) is 3. The van der Waals surface area contributed by atoms with Crippen molar-refractivity contribution >= 4 is 17.7 Å². The topological polar surface area (TPSA) is 79.8 Å². The van der Waals surface area contributed by atoms with E-state index < -0.39 is 17.7 Å². The number of likely N-dealkylation sites (N-methyl/N-ethyl adjacent to an activating group) is 1. The minimum absolute atomic E-state index is 0.113. The van der Waals surface area contributed by atoms with E-state index in [1.165, 1.54) is 33.2 Å². The summed E-state index contributed by atoms with van der Waals surface area (Å²) >= 11 is -0.162. The summed E-state index contributed by atoms with van der Waals surface area (Å²) in [5.74, 6) is 0.726. The maximum atomic E-state index is 12.4. The Morgan fingerprint density at radius 1 is 1.19 bits per heavy atom. The van der Waals surface area contributed by atoms with Gasteiger partial charge in [-0.25, -0.2) is 0 Å². The van der Waals surface area contributed by atoms with Crippen LogP contribution in [0, 0.1) is 0 Å². The fraction of sp³-hybridized carbons (Fsp3) is 0.381. The first-order valence-corrected chi connectivity index (χ1v) is 10.2. The zero-order valence-corrected chi connectivity index (χ0v) is 18.1. The number of ether oxygens (including phenoxy) is 2. The number of alkyl halides is 3. The molecule has 2 unspecified atom stereocenters. The summed E-state index contributed by atoms with van der Waals surface area (Å²) in [7, 11) is 3.00. The van der Waals surface area contributed by atoms with Crippen molar-refractivity contribution in [2.45, 2.75) is 42.6 Å². The lowest BCUT2D eigenvalue weighted by molar-refractivity contribution is -0.125. The molecule has 0 saturated heterocycles. The first-order valence-electron chi connectivity index (χ1n) is 9.40. The molecule has 0 aromatic heterocycles. The van der Waals surface area contributed by atoms with E-state index in [1.54, 1.807) is 30.3 Å². The first kappa shape index (κ1) is 24.8. The number of carbonyl (C=O) groups excluding carboxylic acids is 1. The highest BCUT2D eigenvalue weighted by Crippen LogP contribution is 2.36. The second-order valence-electron chi connectivity index (χ2n) is 6.67. The number of amides is 1. The second kappa shape index (κ2) is 11.3. The number of hydrogen-bond acceptors (Lipinski definition) is 6. The molecule has 0 heterocycles. The molecule has 0 spiro atoms. The normalized spacial score (nSPS) is 13.4. The summed E-state index contributed by atoms with van der Waals surface area (Å²) in [6, 6.07) is 10.4. The molecule has 2 aromatic rings. The lowest BCUT2D eigenvalue weighted by atomic mass is 10.1. The van der Waals surface area contributed by atoms with E-state index in [9.17, 15) is 23.1 Å². The van der Waals surface area contributed by atoms with Crippen LogP contribution in [0.15, 0.2) is 47.4 Å². The Balaban J connectivity index is 1.99. The van der Waals surface area contributed by atoms with E-state index in [0.717, 1.165) is 11.1 Å². The number of rotatable bonds is 10. The molecular formula is C21H25F3N2O4S. The van der Waals surface area contributed by atoms with Gasteiger partial charge in [-0.15, -0.1) is 0 Å². The molecule has 2 rings (SSSR count). The second-order valence-corrected chi connectivity index (χ2v) is 7.81. The molecule has 0 aliphatic rings. The van der Waals surface area contributed by atoms with E-state index in [1.807, 2.05) is 0 Å². The Hall–Kier alpha value is -2.43. The van der Waals surface area contributed by atoms with Gasteiger partial charge >= 0.3 is 5.51 Å². The van der Waals surface area contributed by atoms with E-state index in [4.69, 9.17) is 9.47 Å². The van der Waals surface area contributed by atoms with E-state index in [0.29, 0.717) is 11.5 Å². The van der Waals surface area contributed by atoms with E-state index >= 15 is 0 Å². The number of carbonyl (C=O) groups is 1. The van der Waals surface area contributed by atoms with Gasteiger partial charge in [0, 0.05) is 30.1 Å². The van der Waals surface area contributed by atoms with Crippen molar-refractivity contribution in [3.8, 4) is 11.5 Å². The standard InChI is InChI=1S/C21H25F3N2O4S/c1-13(27)19(20(28)25-2)26-11-15-6-7-16(10-18(15)29-3)30-12-14-4-8-17(9-5-14)31-21(22,23)24/h4-10,13,19,26-27H,11-12H2,1-3H3,(H,25,28). The van der Waals surface area contributed by atoms with Gasteiger partial charge in [-0.2, -0.15) is 13.2 Å². The zero-order chi connectivity index (χ0) is 23.0. The zero-order valence-electron chi connectivity index (χ0n) is 17.3. The molecule has 0 aliphatic heterocycles. The molecule has 2 atom stereocenters. The Bertz CT molecular complexity index is 861. The highest BCUT2D eigenvalue weighted by atomic mass is 32.2. The van der Waals surface area contributed by atoms with Crippen molar-refractivity contribution in [1.29, 1.82) is 0 Å². The lowest BCUT2D eigenvalue weighted by Gasteiger charge is -2.20.